The Kier molecular flexibility index (Phi) is 2.60. The summed E-state index contributed by atoms with van der Waals surface area (Å²) < 4.78 is 0. The van der Waals surface area contributed by atoms with E-state index in [-0.39, 0.29) is 6.10 Å². The number of aryl methyl sites for hydroxylation is 1. The molecule has 4 rings (SSSR count). The molecule has 1 aromatic carbocycles. The maximum atomic E-state index is 10.0. The zero-order chi connectivity index (χ0) is 12.8. The molecule has 1 N–H and O–H groups in total. The van der Waals surface area contributed by atoms with Crippen LogP contribution in [0.3, 0.4) is 0 Å². The van der Waals surface area contributed by atoms with Gasteiger partial charge in [0, 0.05) is 18.0 Å². The van der Waals surface area contributed by atoms with E-state index in [2.05, 4.69) is 29.2 Å². The van der Waals surface area contributed by atoms with Gasteiger partial charge in [-0.15, -0.1) is 11.3 Å². The molecule has 1 aliphatic carbocycles. The van der Waals surface area contributed by atoms with Crippen molar-refractivity contribution in [2.45, 2.75) is 38.5 Å². The normalized spacial score (nSPS) is 21.3. The topological polar surface area (TPSA) is 36.4 Å². The number of aromatic nitrogens is 1. The monoisotopic (exact) mass is 272 g/mol. The molecule has 2 aromatic rings. The van der Waals surface area contributed by atoms with Crippen molar-refractivity contribution in [3.63, 3.8) is 0 Å². The molecule has 0 bridgehead atoms. The lowest BCUT2D eigenvalue weighted by molar-refractivity contribution is 0.153. The van der Waals surface area contributed by atoms with Gasteiger partial charge in [-0.05, 0) is 30.4 Å². The second-order valence-corrected chi connectivity index (χ2v) is 6.40. The van der Waals surface area contributed by atoms with E-state index in [1.54, 1.807) is 11.3 Å². The summed E-state index contributed by atoms with van der Waals surface area (Å²) in [5.74, 6) is 0. The van der Waals surface area contributed by atoms with Crippen molar-refractivity contribution in [3.05, 3.63) is 46.0 Å². The van der Waals surface area contributed by atoms with E-state index >= 15 is 0 Å². The van der Waals surface area contributed by atoms with Gasteiger partial charge in [-0.25, -0.2) is 4.98 Å². The van der Waals surface area contributed by atoms with Crippen molar-refractivity contribution in [3.8, 4) is 0 Å². The number of thiazole rings is 1. The highest BCUT2D eigenvalue weighted by atomic mass is 32.1. The zero-order valence-electron chi connectivity index (χ0n) is 10.7. The summed E-state index contributed by atoms with van der Waals surface area (Å²) in [5, 5.41) is 11.1. The highest BCUT2D eigenvalue weighted by Gasteiger charge is 2.27. The van der Waals surface area contributed by atoms with Crippen LogP contribution in [0.4, 0.5) is 5.13 Å². The number of hydrogen-bond acceptors (Lipinski definition) is 4. The Morgan fingerprint density at radius 2 is 1.95 bits per heavy atom. The molecule has 0 radical (unpaired) electrons. The quantitative estimate of drug-likeness (QED) is 0.867. The minimum Gasteiger partial charge on any atom is -0.387 e. The van der Waals surface area contributed by atoms with Gasteiger partial charge < -0.3 is 10.0 Å². The molecule has 19 heavy (non-hydrogen) atoms. The van der Waals surface area contributed by atoms with Gasteiger partial charge in [0.25, 0.3) is 0 Å². The fourth-order valence-electron chi connectivity index (χ4n) is 2.99. The Hall–Kier alpha value is -1.39. The summed E-state index contributed by atoms with van der Waals surface area (Å²) in [4.78, 5) is 8.29. The Morgan fingerprint density at radius 1 is 1.21 bits per heavy atom. The minimum atomic E-state index is -0.348. The third-order valence-corrected chi connectivity index (χ3v) is 5.22. The first-order chi connectivity index (χ1) is 9.31. The first kappa shape index (κ1) is 11.4. The SMILES string of the molecule is OC1CCCc2sc(N3Cc4ccccc4C3)nc21. The number of anilines is 1. The van der Waals surface area contributed by atoms with Gasteiger partial charge in [0.05, 0.1) is 11.8 Å². The van der Waals surface area contributed by atoms with Crippen molar-refractivity contribution in [2.24, 2.45) is 0 Å². The molecule has 0 saturated carbocycles. The molecule has 98 valence electrons. The average Bonchev–Trinajstić information content (AvgIpc) is 3.02. The smallest absolute Gasteiger partial charge is 0.186 e. The lowest BCUT2D eigenvalue weighted by atomic mass is 10.0. The Balaban J connectivity index is 1.65. The Labute approximate surface area is 116 Å². The molecule has 0 fully saturated rings. The van der Waals surface area contributed by atoms with Crippen LogP contribution in [-0.4, -0.2) is 10.1 Å². The van der Waals surface area contributed by atoms with E-state index < -0.39 is 0 Å². The highest BCUT2D eigenvalue weighted by Crippen LogP contribution is 2.38. The van der Waals surface area contributed by atoms with E-state index in [4.69, 9.17) is 4.98 Å². The van der Waals surface area contributed by atoms with Crippen molar-refractivity contribution in [1.82, 2.24) is 4.98 Å². The molecule has 1 atom stereocenters. The van der Waals surface area contributed by atoms with Crippen LogP contribution in [0.1, 0.15) is 40.6 Å². The van der Waals surface area contributed by atoms with Crippen LogP contribution >= 0.6 is 11.3 Å². The van der Waals surface area contributed by atoms with Gasteiger partial charge in [-0.1, -0.05) is 24.3 Å². The molecule has 4 heteroatoms. The Bertz CT molecular complexity index is 597. The minimum absolute atomic E-state index is 0.348. The highest BCUT2D eigenvalue weighted by molar-refractivity contribution is 7.15. The second-order valence-electron chi connectivity index (χ2n) is 5.34. The van der Waals surface area contributed by atoms with Gasteiger partial charge in [-0.3, -0.25) is 0 Å². The van der Waals surface area contributed by atoms with Crippen molar-refractivity contribution >= 4 is 16.5 Å². The number of rotatable bonds is 1. The van der Waals surface area contributed by atoms with Gasteiger partial charge in [0.15, 0.2) is 5.13 Å². The number of fused-ring (bicyclic) bond motifs is 2. The van der Waals surface area contributed by atoms with Gasteiger partial charge >= 0.3 is 0 Å². The fourth-order valence-corrected chi connectivity index (χ4v) is 4.14. The first-order valence-electron chi connectivity index (χ1n) is 6.80. The summed E-state index contributed by atoms with van der Waals surface area (Å²) >= 11 is 1.76. The van der Waals surface area contributed by atoms with Crippen LogP contribution in [0.2, 0.25) is 0 Å². The zero-order valence-corrected chi connectivity index (χ0v) is 11.5. The molecule has 1 unspecified atom stereocenters. The maximum Gasteiger partial charge on any atom is 0.186 e. The van der Waals surface area contributed by atoms with E-state index in [1.165, 1.54) is 16.0 Å². The largest absolute Gasteiger partial charge is 0.387 e. The molecular weight excluding hydrogens is 256 g/mol. The molecule has 0 amide bonds. The molecule has 2 aliphatic rings. The summed E-state index contributed by atoms with van der Waals surface area (Å²) in [6.45, 7) is 1.89. The van der Waals surface area contributed by atoms with Crippen molar-refractivity contribution < 1.29 is 5.11 Å². The number of aliphatic hydroxyl groups is 1. The Morgan fingerprint density at radius 3 is 2.63 bits per heavy atom. The standard InChI is InChI=1S/C15H16N2OS/c18-12-6-3-7-13-14(12)16-15(19-13)17-8-10-4-1-2-5-11(10)9-17/h1-2,4-5,12,18H,3,6-9H2. The van der Waals surface area contributed by atoms with Crippen molar-refractivity contribution in [1.29, 1.82) is 0 Å². The van der Waals surface area contributed by atoms with Crippen LogP contribution in [0.25, 0.3) is 0 Å². The van der Waals surface area contributed by atoms with E-state index in [0.717, 1.165) is 43.2 Å². The lowest BCUT2D eigenvalue weighted by Crippen LogP contribution is -2.14. The molecular formula is C15H16N2OS. The summed E-state index contributed by atoms with van der Waals surface area (Å²) in [5.41, 5.74) is 3.73. The number of nitrogens with zero attached hydrogens (tertiary/aromatic N) is 2. The third-order valence-electron chi connectivity index (χ3n) is 4.02. The van der Waals surface area contributed by atoms with Gasteiger partial charge in [0.2, 0.25) is 0 Å². The first-order valence-corrected chi connectivity index (χ1v) is 7.62. The summed E-state index contributed by atoms with van der Waals surface area (Å²) in [6.07, 6.45) is 2.66. The van der Waals surface area contributed by atoms with E-state index in [1.807, 2.05) is 0 Å². The van der Waals surface area contributed by atoms with E-state index in [0.29, 0.717) is 0 Å². The molecule has 0 spiro atoms. The molecule has 1 aliphatic heterocycles. The molecule has 1 aromatic heterocycles. The number of benzene rings is 1. The fraction of sp³-hybridized carbons (Fsp3) is 0.400. The van der Waals surface area contributed by atoms with Crippen LogP contribution in [-0.2, 0) is 19.5 Å². The average molecular weight is 272 g/mol. The molecule has 3 nitrogen and oxygen atoms in total. The van der Waals surface area contributed by atoms with Crippen LogP contribution in [0, 0.1) is 0 Å². The van der Waals surface area contributed by atoms with Gasteiger partial charge in [0.1, 0.15) is 0 Å². The van der Waals surface area contributed by atoms with Crippen LogP contribution in [0.5, 0.6) is 0 Å². The number of aliphatic hydroxyl groups excluding tert-OH is 1. The molecule has 2 heterocycles. The second kappa shape index (κ2) is 4.32. The van der Waals surface area contributed by atoms with Crippen LogP contribution < -0.4 is 4.90 Å². The predicted molar refractivity (Wildman–Crippen MR) is 76.3 cm³/mol. The lowest BCUT2D eigenvalue weighted by Gasteiger charge is -2.15. The molecule has 0 saturated heterocycles. The third kappa shape index (κ3) is 1.86. The summed E-state index contributed by atoms with van der Waals surface area (Å²) in [6, 6.07) is 8.58. The van der Waals surface area contributed by atoms with E-state index in [9.17, 15) is 5.11 Å². The predicted octanol–water partition coefficient (Wildman–Crippen LogP) is 3.03. The van der Waals surface area contributed by atoms with Crippen LogP contribution in [0.15, 0.2) is 24.3 Å². The van der Waals surface area contributed by atoms with Gasteiger partial charge in [-0.2, -0.15) is 0 Å². The maximum absolute atomic E-state index is 10.0. The van der Waals surface area contributed by atoms with Crippen molar-refractivity contribution in [2.75, 3.05) is 4.90 Å². The number of hydrogen-bond donors (Lipinski definition) is 1. The summed E-state index contributed by atoms with van der Waals surface area (Å²) in [7, 11) is 0.